The number of rotatable bonds is 2. The maximum atomic E-state index is 12.4. The lowest BCUT2D eigenvalue weighted by molar-refractivity contribution is -0.133. The highest BCUT2D eigenvalue weighted by molar-refractivity contribution is 9.10. The van der Waals surface area contributed by atoms with E-state index in [0.29, 0.717) is 11.6 Å². The van der Waals surface area contributed by atoms with Gasteiger partial charge in [0.15, 0.2) is 5.13 Å². The van der Waals surface area contributed by atoms with Crippen molar-refractivity contribution in [1.29, 1.82) is 0 Å². The molecular formula is C17H15BrN2O2S. The van der Waals surface area contributed by atoms with Crippen LogP contribution in [0.5, 0.6) is 0 Å². The maximum Gasteiger partial charge on any atom is 0.296 e. The lowest BCUT2D eigenvalue weighted by atomic mass is 9.94. The van der Waals surface area contributed by atoms with E-state index in [1.54, 1.807) is 4.90 Å². The molecule has 1 saturated heterocycles. The van der Waals surface area contributed by atoms with Crippen molar-refractivity contribution in [2.24, 2.45) is 0 Å². The number of anilines is 1. The van der Waals surface area contributed by atoms with E-state index >= 15 is 0 Å². The lowest BCUT2D eigenvalue weighted by Crippen LogP contribution is -2.44. The Morgan fingerprint density at radius 3 is 2.52 bits per heavy atom. The molecule has 2 aliphatic rings. The third kappa shape index (κ3) is 2.44. The summed E-state index contributed by atoms with van der Waals surface area (Å²) < 4.78 is 1.02. The Kier molecular flexibility index (Phi) is 3.61. The molecular weight excluding hydrogens is 376 g/mol. The second kappa shape index (κ2) is 5.53. The molecule has 6 heteroatoms. The quantitative estimate of drug-likeness (QED) is 0.722. The van der Waals surface area contributed by atoms with Crippen LogP contribution in [0.2, 0.25) is 0 Å². The van der Waals surface area contributed by atoms with E-state index in [1.165, 1.54) is 11.3 Å². The number of Topliss-reactive ketones (excluding diaryl/α,β-unsaturated/α-hetero) is 1. The normalized spacial score (nSPS) is 20.0. The van der Waals surface area contributed by atoms with Crippen molar-refractivity contribution in [1.82, 2.24) is 4.98 Å². The first-order valence-electron chi connectivity index (χ1n) is 7.68. The summed E-state index contributed by atoms with van der Waals surface area (Å²) in [4.78, 5) is 30.7. The summed E-state index contributed by atoms with van der Waals surface area (Å²) >= 11 is 4.87. The van der Waals surface area contributed by atoms with Crippen molar-refractivity contribution in [3.63, 3.8) is 0 Å². The van der Waals surface area contributed by atoms with Crippen molar-refractivity contribution in [2.75, 3.05) is 4.90 Å². The van der Waals surface area contributed by atoms with Gasteiger partial charge in [0, 0.05) is 21.8 Å². The first kappa shape index (κ1) is 15.0. The predicted octanol–water partition coefficient (Wildman–Crippen LogP) is 4.19. The summed E-state index contributed by atoms with van der Waals surface area (Å²) in [6.07, 6.45) is 4.29. The summed E-state index contributed by atoms with van der Waals surface area (Å²) in [6, 6.07) is 7.92. The average Bonchev–Trinajstić information content (AvgIpc) is 3.23. The Bertz CT molecular complexity index is 778. The molecule has 1 aliphatic heterocycles. The molecule has 1 spiro atoms. The molecule has 4 nitrogen and oxygen atoms in total. The number of nitrogens with zero attached hydrogens (tertiary/aromatic N) is 2. The van der Waals surface area contributed by atoms with Gasteiger partial charge in [0.25, 0.3) is 5.91 Å². The largest absolute Gasteiger partial charge is 0.296 e. The Balaban J connectivity index is 1.71. The molecule has 1 aromatic heterocycles. The number of thiazole rings is 1. The number of amides is 1. The molecule has 0 unspecified atom stereocenters. The van der Waals surface area contributed by atoms with Crippen LogP contribution in [-0.2, 0) is 9.59 Å². The van der Waals surface area contributed by atoms with Gasteiger partial charge in [0.1, 0.15) is 0 Å². The third-order valence-corrected chi connectivity index (χ3v) is 6.12. The predicted molar refractivity (Wildman–Crippen MR) is 93.6 cm³/mol. The summed E-state index contributed by atoms with van der Waals surface area (Å²) in [6.45, 7) is 0. The van der Waals surface area contributed by atoms with Crippen LogP contribution in [-0.4, -0.2) is 22.2 Å². The van der Waals surface area contributed by atoms with Crippen LogP contribution in [0.15, 0.2) is 34.1 Å². The van der Waals surface area contributed by atoms with Gasteiger partial charge in [-0.1, -0.05) is 40.9 Å². The van der Waals surface area contributed by atoms with Gasteiger partial charge in [-0.15, -0.1) is 11.3 Å². The number of aromatic nitrogens is 1. The molecule has 118 valence electrons. The molecule has 1 amide bonds. The fraction of sp³-hybridized carbons (Fsp3) is 0.353. The summed E-state index contributed by atoms with van der Waals surface area (Å²) in [5.41, 5.74) is 1.54. The Hall–Kier alpha value is -1.53. The molecule has 0 bridgehead atoms. The van der Waals surface area contributed by atoms with E-state index in [0.717, 1.165) is 41.4 Å². The van der Waals surface area contributed by atoms with Gasteiger partial charge in [-0.05, 0) is 25.0 Å². The van der Waals surface area contributed by atoms with Crippen molar-refractivity contribution in [3.8, 4) is 11.3 Å². The molecule has 0 atom stereocenters. The van der Waals surface area contributed by atoms with Gasteiger partial charge >= 0.3 is 0 Å². The number of ketones is 1. The molecule has 1 saturated carbocycles. The van der Waals surface area contributed by atoms with Crippen LogP contribution in [0, 0.1) is 0 Å². The van der Waals surface area contributed by atoms with Gasteiger partial charge < -0.3 is 0 Å². The average molecular weight is 391 g/mol. The molecule has 2 heterocycles. The minimum Gasteiger partial charge on any atom is -0.289 e. The number of halogens is 1. The summed E-state index contributed by atoms with van der Waals surface area (Å²) in [5, 5.41) is 2.61. The first-order valence-corrected chi connectivity index (χ1v) is 9.35. The van der Waals surface area contributed by atoms with Crippen molar-refractivity contribution < 1.29 is 9.59 Å². The summed E-state index contributed by atoms with van der Waals surface area (Å²) in [7, 11) is 0. The molecule has 23 heavy (non-hydrogen) atoms. The zero-order chi connectivity index (χ0) is 16.0. The molecule has 2 aromatic rings. The number of benzene rings is 1. The van der Waals surface area contributed by atoms with E-state index in [2.05, 4.69) is 20.9 Å². The monoisotopic (exact) mass is 390 g/mol. The van der Waals surface area contributed by atoms with E-state index in [4.69, 9.17) is 0 Å². The number of hydrogen-bond acceptors (Lipinski definition) is 4. The van der Waals surface area contributed by atoms with Crippen LogP contribution in [0.1, 0.15) is 32.1 Å². The fourth-order valence-electron chi connectivity index (χ4n) is 3.64. The topological polar surface area (TPSA) is 50.3 Å². The highest BCUT2D eigenvalue weighted by Gasteiger charge is 2.53. The van der Waals surface area contributed by atoms with Crippen molar-refractivity contribution >= 4 is 44.1 Å². The number of carbonyl (C=O) groups excluding carboxylic acids is 2. The maximum absolute atomic E-state index is 12.4. The minimum absolute atomic E-state index is 0.271. The van der Waals surface area contributed by atoms with Crippen LogP contribution in [0.25, 0.3) is 11.3 Å². The molecule has 1 aromatic carbocycles. The lowest BCUT2D eigenvalue weighted by Gasteiger charge is -2.31. The standard InChI is InChI=1S/C17H15BrN2O2S/c18-12-5-3-11(4-6-12)13-10-23-16(19-13)20-15(22)14(21)9-17(20)7-1-2-8-17/h3-6,10H,1-2,7-9H2. The van der Waals surface area contributed by atoms with Crippen molar-refractivity contribution in [3.05, 3.63) is 34.1 Å². The van der Waals surface area contributed by atoms with Crippen LogP contribution in [0.3, 0.4) is 0 Å². The van der Waals surface area contributed by atoms with Gasteiger partial charge in [0.2, 0.25) is 5.78 Å². The zero-order valence-electron chi connectivity index (χ0n) is 12.4. The zero-order valence-corrected chi connectivity index (χ0v) is 14.8. The number of carbonyl (C=O) groups is 2. The fourth-order valence-corrected chi connectivity index (χ4v) is 4.84. The minimum atomic E-state index is -0.386. The van der Waals surface area contributed by atoms with E-state index in [1.807, 2.05) is 29.6 Å². The SMILES string of the molecule is O=C1CC2(CCCC2)N(c2nc(-c3ccc(Br)cc3)cs2)C1=O. The molecule has 4 rings (SSSR count). The highest BCUT2D eigenvalue weighted by Crippen LogP contribution is 2.46. The highest BCUT2D eigenvalue weighted by atomic mass is 79.9. The second-order valence-electron chi connectivity index (χ2n) is 6.19. The smallest absolute Gasteiger partial charge is 0.289 e. The van der Waals surface area contributed by atoms with Crippen LogP contribution >= 0.6 is 27.3 Å². The van der Waals surface area contributed by atoms with Gasteiger partial charge in [-0.2, -0.15) is 0 Å². The first-order chi connectivity index (χ1) is 11.1. The number of hydrogen-bond donors (Lipinski definition) is 0. The second-order valence-corrected chi connectivity index (χ2v) is 7.95. The molecule has 0 N–H and O–H groups in total. The molecule has 2 fully saturated rings. The van der Waals surface area contributed by atoms with Crippen LogP contribution < -0.4 is 4.90 Å². The molecule has 1 aliphatic carbocycles. The third-order valence-electron chi connectivity index (χ3n) is 4.76. The Morgan fingerprint density at radius 1 is 1.13 bits per heavy atom. The van der Waals surface area contributed by atoms with Gasteiger partial charge in [-0.25, -0.2) is 4.98 Å². The van der Waals surface area contributed by atoms with E-state index in [-0.39, 0.29) is 17.2 Å². The van der Waals surface area contributed by atoms with Gasteiger partial charge in [0.05, 0.1) is 11.2 Å². The summed E-state index contributed by atoms with van der Waals surface area (Å²) in [5.74, 6) is -0.657. The Labute approximate surface area is 146 Å². The molecule has 0 radical (unpaired) electrons. The van der Waals surface area contributed by atoms with Crippen LogP contribution in [0.4, 0.5) is 5.13 Å². The van der Waals surface area contributed by atoms with Gasteiger partial charge in [-0.3, -0.25) is 14.5 Å². The van der Waals surface area contributed by atoms with E-state index in [9.17, 15) is 9.59 Å². The Morgan fingerprint density at radius 2 is 1.83 bits per heavy atom. The van der Waals surface area contributed by atoms with E-state index < -0.39 is 0 Å². The van der Waals surface area contributed by atoms with Crippen molar-refractivity contribution in [2.45, 2.75) is 37.6 Å².